The number of ether oxygens (including phenoxy) is 2. The molecule has 0 unspecified atom stereocenters. The highest BCUT2D eigenvalue weighted by Crippen LogP contribution is 2.28. The second-order valence-electron chi connectivity index (χ2n) is 6.30. The highest BCUT2D eigenvalue weighted by molar-refractivity contribution is 7.09. The molecule has 158 valence electrons. The van der Waals surface area contributed by atoms with Crippen molar-refractivity contribution in [1.82, 2.24) is 9.88 Å². The third kappa shape index (κ3) is 5.92. The van der Waals surface area contributed by atoms with Crippen LogP contribution in [0.5, 0.6) is 5.75 Å². The first-order valence-electron chi connectivity index (χ1n) is 9.02. The minimum atomic E-state index is -0.560. The molecular formula is C21H19Cl2FN2O3S. The van der Waals surface area contributed by atoms with E-state index in [0.717, 1.165) is 0 Å². The van der Waals surface area contributed by atoms with Crippen LogP contribution in [0, 0.1) is 5.82 Å². The molecule has 3 aromatic rings. The third-order valence-electron chi connectivity index (χ3n) is 4.15. The molecule has 0 saturated carbocycles. The van der Waals surface area contributed by atoms with E-state index in [0.29, 0.717) is 39.6 Å². The van der Waals surface area contributed by atoms with Gasteiger partial charge in [0.1, 0.15) is 23.2 Å². The van der Waals surface area contributed by atoms with E-state index >= 15 is 0 Å². The zero-order valence-corrected chi connectivity index (χ0v) is 18.4. The summed E-state index contributed by atoms with van der Waals surface area (Å²) in [4.78, 5) is 18.8. The Morgan fingerprint density at radius 2 is 2.03 bits per heavy atom. The van der Waals surface area contributed by atoms with E-state index in [2.05, 4.69) is 4.98 Å². The number of rotatable bonds is 9. The van der Waals surface area contributed by atoms with Crippen molar-refractivity contribution in [2.45, 2.75) is 13.2 Å². The van der Waals surface area contributed by atoms with Gasteiger partial charge in [-0.3, -0.25) is 4.79 Å². The second-order valence-corrected chi connectivity index (χ2v) is 8.08. The van der Waals surface area contributed by atoms with Crippen molar-refractivity contribution in [3.8, 4) is 5.75 Å². The number of benzene rings is 2. The van der Waals surface area contributed by atoms with Gasteiger partial charge in [0.25, 0.3) is 5.91 Å². The normalized spacial score (nSPS) is 10.8. The molecule has 0 aliphatic carbocycles. The van der Waals surface area contributed by atoms with Crippen molar-refractivity contribution in [1.29, 1.82) is 0 Å². The first kappa shape index (κ1) is 22.5. The molecule has 30 heavy (non-hydrogen) atoms. The Morgan fingerprint density at radius 1 is 1.23 bits per heavy atom. The van der Waals surface area contributed by atoms with E-state index in [4.69, 9.17) is 32.7 Å². The predicted molar refractivity (Wildman–Crippen MR) is 116 cm³/mol. The summed E-state index contributed by atoms with van der Waals surface area (Å²) in [5.41, 5.74) is 0.694. The Bertz CT molecular complexity index is 1020. The largest absolute Gasteiger partial charge is 0.485 e. The summed E-state index contributed by atoms with van der Waals surface area (Å²) in [6, 6.07) is 10.9. The van der Waals surface area contributed by atoms with Crippen LogP contribution in [0.25, 0.3) is 0 Å². The number of nitrogens with zero attached hydrogens (tertiary/aromatic N) is 2. The third-order valence-corrected chi connectivity index (χ3v) is 5.57. The molecule has 1 amide bonds. The first-order chi connectivity index (χ1) is 14.5. The van der Waals surface area contributed by atoms with E-state index in [-0.39, 0.29) is 18.7 Å². The van der Waals surface area contributed by atoms with Crippen molar-refractivity contribution in [2.24, 2.45) is 0 Å². The number of hydrogen-bond acceptors (Lipinski definition) is 5. The van der Waals surface area contributed by atoms with Gasteiger partial charge in [-0.2, -0.15) is 0 Å². The Hall–Kier alpha value is -2.19. The number of methoxy groups -OCH3 is 1. The Kier molecular flexibility index (Phi) is 8.04. The van der Waals surface area contributed by atoms with Gasteiger partial charge in [0.05, 0.1) is 29.4 Å². The lowest BCUT2D eigenvalue weighted by atomic mass is 10.2. The Labute approximate surface area is 188 Å². The molecule has 0 radical (unpaired) electrons. The second kappa shape index (κ2) is 10.7. The van der Waals surface area contributed by atoms with Crippen LogP contribution in [0.1, 0.15) is 21.1 Å². The molecule has 1 heterocycles. The highest BCUT2D eigenvalue weighted by atomic mass is 35.5. The van der Waals surface area contributed by atoms with Crippen LogP contribution in [0.3, 0.4) is 0 Å². The lowest BCUT2D eigenvalue weighted by Gasteiger charge is -2.21. The standard InChI is InChI=1S/C21H19Cl2FN2O3S/c1-28-9-8-26(21(27)16-4-2-3-5-18(16)24)11-15-13-30-20(25-15)12-29-19-10-14(22)6-7-17(19)23/h2-7,10,13H,8-9,11-12H2,1H3. The summed E-state index contributed by atoms with van der Waals surface area (Å²) in [6.07, 6.45) is 0. The summed E-state index contributed by atoms with van der Waals surface area (Å²) in [6.45, 7) is 1.08. The summed E-state index contributed by atoms with van der Waals surface area (Å²) >= 11 is 13.5. The summed E-state index contributed by atoms with van der Waals surface area (Å²) in [5, 5.41) is 3.53. The molecular weight excluding hydrogens is 450 g/mol. The number of aromatic nitrogens is 1. The summed E-state index contributed by atoms with van der Waals surface area (Å²) < 4.78 is 24.9. The molecule has 2 aromatic carbocycles. The van der Waals surface area contributed by atoms with Crippen molar-refractivity contribution in [3.05, 3.63) is 80.0 Å². The maximum Gasteiger partial charge on any atom is 0.257 e. The van der Waals surface area contributed by atoms with Crippen molar-refractivity contribution < 1.29 is 18.7 Å². The molecule has 1 aromatic heterocycles. The molecule has 0 fully saturated rings. The van der Waals surface area contributed by atoms with Crippen molar-refractivity contribution >= 4 is 40.4 Å². The first-order valence-corrected chi connectivity index (χ1v) is 10.7. The number of amides is 1. The molecule has 0 aliphatic rings. The maximum absolute atomic E-state index is 14.1. The van der Waals surface area contributed by atoms with Gasteiger partial charge in [-0.25, -0.2) is 9.37 Å². The predicted octanol–water partition coefficient (Wildman–Crippen LogP) is 5.46. The van der Waals surface area contributed by atoms with E-state index in [9.17, 15) is 9.18 Å². The zero-order chi connectivity index (χ0) is 21.5. The van der Waals surface area contributed by atoms with Crippen molar-refractivity contribution in [2.75, 3.05) is 20.3 Å². The number of halogens is 3. The van der Waals surface area contributed by atoms with E-state index < -0.39 is 11.7 Å². The monoisotopic (exact) mass is 468 g/mol. The van der Waals surface area contributed by atoms with Crippen LogP contribution < -0.4 is 4.74 Å². The van der Waals surface area contributed by atoms with Crippen LogP contribution in [-0.2, 0) is 17.9 Å². The molecule has 9 heteroatoms. The highest BCUT2D eigenvalue weighted by Gasteiger charge is 2.20. The average Bonchev–Trinajstić information content (AvgIpc) is 3.19. The molecule has 0 spiro atoms. The lowest BCUT2D eigenvalue weighted by Crippen LogP contribution is -2.34. The average molecular weight is 469 g/mol. The lowest BCUT2D eigenvalue weighted by molar-refractivity contribution is 0.0673. The quantitative estimate of drug-likeness (QED) is 0.418. The van der Waals surface area contributed by atoms with Crippen LogP contribution in [0.4, 0.5) is 4.39 Å². The van der Waals surface area contributed by atoms with Gasteiger partial charge < -0.3 is 14.4 Å². The van der Waals surface area contributed by atoms with Gasteiger partial charge in [-0.1, -0.05) is 35.3 Å². The summed E-state index contributed by atoms with van der Waals surface area (Å²) in [5.74, 6) is -0.505. The molecule has 3 rings (SSSR count). The number of carbonyl (C=O) groups is 1. The van der Waals surface area contributed by atoms with E-state index in [1.807, 2.05) is 5.38 Å². The van der Waals surface area contributed by atoms with Crippen molar-refractivity contribution in [3.63, 3.8) is 0 Å². The minimum absolute atomic E-state index is 0.0167. The molecule has 0 bridgehead atoms. The van der Waals surface area contributed by atoms with Gasteiger partial charge in [-0.15, -0.1) is 11.3 Å². The molecule has 0 N–H and O–H groups in total. The fourth-order valence-corrected chi connectivity index (χ4v) is 3.70. The number of hydrogen-bond donors (Lipinski definition) is 0. The minimum Gasteiger partial charge on any atom is -0.485 e. The van der Waals surface area contributed by atoms with Gasteiger partial charge in [0.15, 0.2) is 0 Å². The SMILES string of the molecule is COCCN(Cc1csc(COc2cc(Cl)ccc2Cl)n1)C(=O)c1ccccc1F. The van der Waals surface area contributed by atoms with E-state index in [1.54, 1.807) is 37.4 Å². The van der Waals surface area contributed by atoms with Gasteiger partial charge >= 0.3 is 0 Å². The fourth-order valence-electron chi connectivity index (χ4n) is 2.67. The number of carbonyl (C=O) groups excluding carboxylic acids is 1. The maximum atomic E-state index is 14.1. The Balaban J connectivity index is 1.68. The molecule has 0 saturated heterocycles. The molecule has 0 atom stereocenters. The Morgan fingerprint density at radius 3 is 2.80 bits per heavy atom. The van der Waals surface area contributed by atoms with Gasteiger partial charge in [0.2, 0.25) is 0 Å². The smallest absolute Gasteiger partial charge is 0.257 e. The van der Waals surface area contributed by atoms with Crippen LogP contribution in [0.15, 0.2) is 47.8 Å². The molecule has 0 aliphatic heterocycles. The van der Waals surface area contributed by atoms with Gasteiger partial charge in [0, 0.05) is 30.1 Å². The van der Waals surface area contributed by atoms with Crippen LogP contribution in [-0.4, -0.2) is 36.1 Å². The van der Waals surface area contributed by atoms with Crippen LogP contribution >= 0.6 is 34.5 Å². The summed E-state index contributed by atoms with van der Waals surface area (Å²) in [7, 11) is 1.55. The fraction of sp³-hybridized carbons (Fsp3) is 0.238. The zero-order valence-electron chi connectivity index (χ0n) is 16.1. The van der Waals surface area contributed by atoms with E-state index in [1.165, 1.54) is 28.4 Å². The number of thiazole rings is 1. The van der Waals surface area contributed by atoms with Gasteiger partial charge in [-0.05, 0) is 24.3 Å². The van der Waals surface area contributed by atoms with Crippen LogP contribution in [0.2, 0.25) is 10.0 Å². The molecule has 5 nitrogen and oxygen atoms in total. The topological polar surface area (TPSA) is 51.7 Å².